The standard InChI is InChI=1S/C52H78N8O2.C32H12BF24/c61-49(45-35-19-21-37-59(45)51(53-41-27-11-3-12-28-41)54-42-29-13-4-14-30-42)57-47(39-23-7-1-8-24-39)48(40-25-9-2-10-26-40)58-50(62)46-36-20-22-38-60(46)52(55-43-31-15-5-16-32-43)56-44-33-17-6-18-34-44;34-25(35,36)13-1-14(26(37,38)39)6-21(5-13)33(22-7-15(27(40,41)42)2-16(8-22)28(43,44)45,23-9-17(29(46,47)48)3-18(10-23)30(49,50)51)24-11-19(31(52,53)54)4-20(12-24)32(55,56)57/h1-2,7-10,23-26,41-48H,3-6,11-22,27-38H2,(H4,53,54,55,56,57,58,61,62);1-12H/q;-1/p+1/t45-,46-,47-,48-;/m0./s1. The third-order valence-corrected chi connectivity index (χ3v) is 23.6. The van der Waals surface area contributed by atoms with Gasteiger partial charge in [0.15, 0.2) is 12.0 Å². The molecule has 2 amide bonds. The van der Waals surface area contributed by atoms with E-state index in [0.29, 0.717) is 24.2 Å². The molecule has 12 rings (SSSR count). The summed E-state index contributed by atoms with van der Waals surface area (Å²) in [6.45, 7) is 1.66. The van der Waals surface area contributed by atoms with Gasteiger partial charge in [-0.15, -0.1) is 0 Å². The van der Waals surface area contributed by atoms with Crippen LogP contribution in [0.25, 0.3) is 0 Å². The largest absolute Gasteiger partial charge is 0.416 e. The van der Waals surface area contributed by atoms with E-state index >= 15 is 9.59 Å². The first kappa shape index (κ1) is 90.9. The Balaban J connectivity index is 0.000000234. The molecule has 4 aliphatic carbocycles. The molecule has 10 nitrogen and oxygen atoms in total. The van der Waals surface area contributed by atoms with Crippen LogP contribution in [-0.2, 0) is 59.0 Å². The third-order valence-electron chi connectivity index (χ3n) is 23.6. The second kappa shape index (κ2) is 37.3. The summed E-state index contributed by atoms with van der Waals surface area (Å²) in [5, 5.41) is 19.2. The van der Waals surface area contributed by atoms with Crippen molar-refractivity contribution in [3.8, 4) is 0 Å². The van der Waals surface area contributed by atoms with Crippen molar-refractivity contribution >= 4 is 51.7 Å². The maximum atomic E-state index is 15.2. The van der Waals surface area contributed by atoms with Gasteiger partial charge >= 0.3 is 55.4 Å². The predicted molar refractivity (Wildman–Crippen MR) is 401 cm³/mol. The fraction of sp³-hybridized carbons (Fsp3) is 0.524. The predicted octanol–water partition coefficient (Wildman–Crippen LogP) is 20.1. The minimum atomic E-state index is -6.13. The Kier molecular flexibility index (Phi) is 28.5. The highest BCUT2D eigenvalue weighted by atomic mass is 19.4. The third kappa shape index (κ3) is 23.1. The van der Waals surface area contributed by atoms with Crippen molar-refractivity contribution in [2.24, 2.45) is 4.99 Å². The molecule has 0 aromatic heterocycles. The van der Waals surface area contributed by atoms with Gasteiger partial charge in [0.1, 0.15) is 12.2 Å². The van der Waals surface area contributed by atoms with E-state index in [4.69, 9.17) is 4.99 Å². The van der Waals surface area contributed by atoms with Crippen LogP contribution in [0, 0.1) is 0 Å². The summed E-state index contributed by atoms with van der Waals surface area (Å²) >= 11 is 0. The molecular weight excluding hydrogens is 1620 g/mol. The van der Waals surface area contributed by atoms with Crippen LogP contribution in [0.15, 0.2) is 138 Å². The maximum Gasteiger partial charge on any atom is 0.416 e. The number of rotatable bonds is 15. The average molecular weight is 1710 g/mol. The van der Waals surface area contributed by atoms with Crippen LogP contribution >= 0.6 is 0 Å². The van der Waals surface area contributed by atoms with Gasteiger partial charge in [-0.1, -0.05) is 186 Å². The van der Waals surface area contributed by atoms with E-state index in [0.717, 1.165) is 100 Å². The molecule has 6 aromatic rings. The molecule has 5 N–H and O–H groups in total. The molecule has 2 saturated heterocycles. The minimum absolute atomic E-state index is 0.0128. The molecule has 4 atom stereocenters. The second-order valence-corrected chi connectivity index (χ2v) is 32.0. The number of piperidine rings is 2. The van der Waals surface area contributed by atoms with E-state index in [1.165, 1.54) is 103 Å². The number of hydrogen-bond donors (Lipinski definition) is 5. The Hall–Kier alpha value is -8.82. The van der Waals surface area contributed by atoms with Crippen molar-refractivity contribution < 1.29 is 120 Å². The smallest absolute Gasteiger partial charge is 0.353 e. The van der Waals surface area contributed by atoms with E-state index in [1.807, 2.05) is 36.4 Å². The second-order valence-electron chi connectivity index (χ2n) is 32.0. The van der Waals surface area contributed by atoms with Crippen LogP contribution in [-0.4, -0.2) is 88.7 Å². The van der Waals surface area contributed by atoms with Crippen LogP contribution < -0.4 is 48.4 Å². The Morgan fingerprint density at radius 1 is 0.345 bits per heavy atom. The van der Waals surface area contributed by atoms with Crippen molar-refractivity contribution in [3.05, 3.63) is 189 Å². The Bertz CT molecular complexity index is 4020. The molecule has 0 spiro atoms. The highest BCUT2D eigenvalue weighted by molar-refractivity contribution is 7.20. The lowest BCUT2D eigenvalue weighted by molar-refractivity contribution is -0.566. The van der Waals surface area contributed by atoms with Gasteiger partial charge in [0.25, 0.3) is 5.91 Å². The van der Waals surface area contributed by atoms with Gasteiger partial charge < -0.3 is 20.9 Å². The molecule has 6 fully saturated rings. The van der Waals surface area contributed by atoms with Gasteiger partial charge in [-0.05, 0) is 125 Å². The van der Waals surface area contributed by atoms with Crippen molar-refractivity contribution in [2.45, 2.75) is 265 Å². The number of nitrogens with zero attached hydrogens (tertiary/aromatic N) is 3. The number of guanidine groups is 2. The number of hydrogen-bond acceptors (Lipinski definition) is 3. The molecule has 4 saturated carbocycles. The number of halogens is 24. The molecule has 2 heterocycles. The van der Waals surface area contributed by atoms with Gasteiger partial charge in [-0.2, -0.15) is 127 Å². The van der Waals surface area contributed by atoms with Crippen LogP contribution in [0.4, 0.5) is 105 Å². The first-order chi connectivity index (χ1) is 55.8. The molecule has 0 unspecified atom stereocenters. The maximum absolute atomic E-state index is 15.2. The van der Waals surface area contributed by atoms with Gasteiger partial charge in [-0.25, -0.2) is 4.99 Å². The highest BCUT2D eigenvalue weighted by Gasteiger charge is 2.49. The Labute approximate surface area is 672 Å². The number of likely N-dealkylation sites (tertiary alicyclic amines) is 1. The fourth-order valence-electron chi connectivity index (χ4n) is 17.6. The lowest BCUT2D eigenvalue weighted by atomic mass is 9.12. The zero-order valence-corrected chi connectivity index (χ0v) is 64.4. The van der Waals surface area contributed by atoms with Crippen molar-refractivity contribution in [1.29, 1.82) is 0 Å². The molecule has 0 bridgehead atoms. The summed E-state index contributed by atoms with van der Waals surface area (Å²) in [6, 6.07) is 11.8. The monoisotopic (exact) mass is 1710 g/mol. The SMILES string of the molecule is FC(F)(F)c1cc([B-](c2cc(C(F)(F)F)cc(C(F)(F)F)c2)(c2cc(C(F)(F)F)cc(C(F)(F)F)c2)c2cc(C(F)(F)F)cc(C(F)(F)F)c2)cc(C(F)(F)F)c1.O=C(N[C@@H](c1ccccc1)[C@@H](NC(=O)[C@@H]1CCCC[N+]1=C(NC1CCCCC1)NC1CCCCC1)c1ccccc1)[C@@H]1CCCCN1C(=NC1CCCCC1)NC1CCCCC1. The molecule has 2 aliphatic heterocycles. The first-order valence-electron chi connectivity index (χ1n) is 40.2. The number of aliphatic imine (C=N–C) groups is 1. The van der Waals surface area contributed by atoms with Crippen molar-refractivity contribution in [3.63, 3.8) is 0 Å². The molecule has 0 radical (unpaired) electrons. The van der Waals surface area contributed by atoms with Crippen LogP contribution in [0.2, 0.25) is 0 Å². The number of alkyl halides is 24. The van der Waals surface area contributed by atoms with Crippen LogP contribution in [0.3, 0.4) is 0 Å². The highest BCUT2D eigenvalue weighted by Crippen LogP contribution is 2.43. The van der Waals surface area contributed by atoms with Crippen LogP contribution in [0.1, 0.15) is 235 Å². The van der Waals surface area contributed by atoms with Gasteiger partial charge in [-0.3, -0.25) is 24.8 Å². The lowest BCUT2D eigenvalue weighted by Crippen LogP contribution is -2.75. The van der Waals surface area contributed by atoms with E-state index in [1.54, 1.807) is 0 Å². The van der Waals surface area contributed by atoms with Crippen molar-refractivity contribution in [2.75, 3.05) is 13.1 Å². The zero-order valence-electron chi connectivity index (χ0n) is 64.4. The number of carbonyl (C=O) groups excluding carboxylic acids is 2. The summed E-state index contributed by atoms with van der Waals surface area (Å²) in [5.74, 6) is 2.05. The minimum Gasteiger partial charge on any atom is -0.353 e. The number of carbonyl (C=O) groups is 2. The molecular formula is C84H91BF24N8O2. The first-order valence-corrected chi connectivity index (χ1v) is 40.2. The van der Waals surface area contributed by atoms with Crippen molar-refractivity contribution in [1.82, 2.24) is 31.5 Å². The van der Waals surface area contributed by atoms with Gasteiger partial charge in [0.05, 0.1) is 81.3 Å². The Morgan fingerprint density at radius 3 is 0.966 bits per heavy atom. The topological polar surface area (TPSA) is 113 Å². The van der Waals surface area contributed by atoms with E-state index in [9.17, 15) is 105 Å². The molecule has 650 valence electrons. The van der Waals surface area contributed by atoms with Gasteiger partial charge in [0, 0.05) is 12.6 Å². The van der Waals surface area contributed by atoms with Gasteiger partial charge in [0.2, 0.25) is 5.91 Å². The normalized spacial score (nSPS) is 19.9. The number of nitrogens with one attached hydrogen (secondary N) is 5. The van der Waals surface area contributed by atoms with Crippen LogP contribution in [0.5, 0.6) is 0 Å². The lowest BCUT2D eigenvalue weighted by Gasteiger charge is -2.46. The Morgan fingerprint density at radius 2 is 0.639 bits per heavy atom. The summed E-state index contributed by atoms with van der Waals surface area (Å²) in [4.78, 5) is 38.1. The molecule has 35 heteroatoms. The average Bonchev–Trinajstić information content (AvgIpc) is 0.706. The van der Waals surface area contributed by atoms with E-state index < -0.39 is 207 Å². The fourth-order valence-corrected chi connectivity index (χ4v) is 17.6. The van der Waals surface area contributed by atoms with E-state index in [2.05, 4.69) is 60.3 Å². The van der Waals surface area contributed by atoms with E-state index in [-0.39, 0.29) is 23.9 Å². The summed E-state index contributed by atoms with van der Waals surface area (Å²) < 4.78 is 343. The number of amides is 2. The molecule has 6 aliphatic rings. The zero-order chi connectivity index (χ0) is 86.3. The molecule has 6 aromatic carbocycles. The molecule has 119 heavy (non-hydrogen) atoms. The quantitative estimate of drug-likeness (QED) is 0.0230. The summed E-state index contributed by atoms with van der Waals surface area (Å²) in [5.41, 5.74) is -28.2. The summed E-state index contributed by atoms with van der Waals surface area (Å²) in [7, 11) is 0. The number of benzene rings is 6. The summed E-state index contributed by atoms with van der Waals surface area (Å²) in [6.07, 6.45) is -24.6.